The molecule has 3 rings (SSSR count). The average Bonchev–Trinajstić information content (AvgIpc) is 2.97. The van der Waals surface area contributed by atoms with E-state index in [4.69, 9.17) is 0 Å². The summed E-state index contributed by atoms with van der Waals surface area (Å²) in [4.78, 5) is 2.57. The molecule has 3 aliphatic rings. The zero-order valence-corrected chi connectivity index (χ0v) is 11.8. The van der Waals surface area contributed by atoms with Crippen molar-refractivity contribution < 1.29 is 4.48 Å². The van der Waals surface area contributed by atoms with Crippen LogP contribution in [0.15, 0.2) is 0 Å². The molecule has 18 heavy (non-hydrogen) atoms. The van der Waals surface area contributed by atoms with Crippen LogP contribution in [0.25, 0.3) is 0 Å². The quantitative estimate of drug-likeness (QED) is 0.698. The SMILES string of the molecule is C.C1CC[N+]2(C1)CCC2.CCCCN1CCCC1. The molecule has 108 valence electrons. The largest absolute Gasteiger partial charge is 0.323 e. The van der Waals surface area contributed by atoms with Crippen molar-refractivity contribution in [1.82, 2.24) is 4.90 Å². The lowest BCUT2D eigenvalue weighted by Crippen LogP contribution is -2.55. The standard InChI is InChI=1S/C8H17N.C7H14N.CH4/c1-2-3-6-9-7-4-5-8-9;1-2-5-8(4-1)6-3-7-8;/h2-8H2,1H3;1-7H2;1H4/q;+1;. The maximum atomic E-state index is 2.57. The molecule has 3 aliphatic heterocycles. The van der Waals surface area contributed by atoms with E-state index in [1.54, 1.807) is 0 Å². The van der Waals surface area contributed by atoms with Gasteiger partial charge in [-0.25, -0.2) is 0 Å². The van der Waals surface area contributed by atoms with Crippen LogP contribution in [0.1, 0.15) is 59.3 Å². The van der Waals surface area contributed by atoms with E-state index in [0.29, 0.717) is 0 Å². The second-order valence-electron chi connectivity index (χ2n) is 6.20. The van der Waals surface area contributed by atoms with Crippen LogP contribution in [0.2, 0.25) is 0 Å². The summed E-state index contributed by atoms with van der Waals surface area (Å²) in [7, 11) is 0. The zero-order valence-electron chi connectivity index (χ0n) is 11.8. The van der Waals surface area contributed by atoms with Crippen molar-refractivity contribution >= 4 is 0 Å². The van der Waals surface area contributed by atoms with Gasteiger partial charge in [0.2, 0.25) is 0 Å². The highest BCUT2D eigenvalue weighted by Gasteiger charge is 2.37. The maximum Gasteiger partial charge on any atom is 0.0841 e. The Balaban J connectivity index is 0.000000171. The van der Waals surface area contributed by atoms with Crippen molar-refractivity contribution in [3.63, 3.8) is 0 Å². The van der Waals surface area contributed by atoms with Crippen molar-refractivity contribution in [3.8, 4) is 0 Å². The third-order valence-corrected chi connectivity index (χ3v) is 4.81. The lowest BCUT2D eigenvalue weighted by atomic mass is 10.1. The van der Waals surface area contributed by atoms with Crippen LogP contribution in [0.3, 0.4) is 0 Å². The van der Waals surface area contributed by atoms with Crippen molar-refractivity contribution in [2.45, 2.75) is 59.3 Å². The molecule has 3 heterocycles. The number of hydrogen-bond acceptors (Lipinski definition) is 1. The summed E-state index contributed by atoms with van der Waals surface area (Å²) in [6.07, 6.45) is 10.1. The topological polar surface area (TPSA) is 3.24 Å². The molecule has 0 bridgehead atoms. The second-order valence-corrected chi connectivity index (χ2v) is 6.20. The van der Waals surface area contributed by atoms with Gasteiger partial charge in [0.05, 0.1) is 26.2 Å². The zero-order chi connectivity index (χ0) is 12.0. The number of unbranched alkanes of at least 4 members (excludes halogenated alkanes) is 1. The maximum absolute atomic E-state index is 2.57. The number of nitrogens with zero attached hydrogens (tertiary/aromatic N) is 2. The van der Waals surface area contributed by atoms with Crippen molar-refractivity contribution in [1.29, 1.82) is 0 Å². The first-order chi connectivity index (χ1) is 8.35. The molecule has 0 aromatic carbocycles. The van der Waals surface area contributed by atoms with Crippen LogP contribution in [-0.2, 0) is 0 Å². The molecule has 0 aromatic rings. The van der Waals surface area contributed by atoms with Crippen molar-refractivity contribution in [3.05, 3.63) is 0 Å². The molecule has 3 fully saturated rings. The molecule has 0 aliphatic carbocycles. The third kappa shape index (κ3) is 4.55. The third-order valence-electron chi connectivity index (χ3n) is 4.81. The van der Waals surface area contributed by atoms with Gasteiger partial charge >= 0.3 is 0 Å². The monoisotopic (exact) mass is 255 g/mol. The highest BCUT2D eigenvalue weighted by molar-refractivity contribution is 4.64. The fourth-order valence-corrected chi connectivity index (χ4v) is 3.45. The molecule has 0 atom stereocenters. The minimum atomic E-state index is 0. The number of rotatable bonds is 3. The van der Waals surface area contributed by atoms with Gasteiger partial charge in [-0.05, 0) is 38.9 Å². The number of hydrogen-bond donors (Lipinski definition) is 0. The molecule has 0 N–H and O–H groups in total. The molecule has 0 aromatic heterocycles. The van der Waals surface area contributed by atoms with Gasteiger partial charge in [0.15, 0.2) is 0 Å². The first-order valence-corrected chi connectivity index (χ1v) is 7.92. The van der Waals surface area contributed by atoms with E-state index in [1.807, 2.05) is 0 Å². The molecular formula is C16H35N2+. The van der Waals surface area contributed by atoms with Crippen LogP contribution in [0.4, 0.5) is 0 Å². The van der Waals surface area contributed by atoms with Gasteiger partial charge in [0, 0.05) is 19.3 Å². The van der Waals surface area contributed by atoms with Gasteiger partial charge < -0.3 is 9.38 Å². The molecule has 1 spiro atoms. The van der Waals surface area contributed by atoms with E-state index >= 15 is 0 Å². The summed E-state index contributed by atoms with van der Waals surface area (Å²) < 4.78 is 1.50. The van der Waals surface area contributed by atoms with Gasteiger partial charge in [-0.1, -0.05) is 20.8 Å². The first-order valence-electron chi connectivity index (χ1n) is 7.92. The second kappa shape index (κ2) is 8.16. The summed E-state index contributed by atoms with van der Waals surface area (Å²) in [5, 5.41) is 0. The molecule has 3 saturated heterocycles. The van der Waals surface area contributed by atoms with E-state index in [0.717, 1.165) is 0 Å². The predicted molar refractivity (Wildman–Crippen MR) is 80.9 cm³/mol. The number of quaternary nitrogens is 1. The van der Waals surface area contributed by atoms with E-state index in [1.165, 1.54) is 95.2 Å². The Morgan fingerprint density at radius 2 is 1.39 bits per heavy atom. The molecule has 0 radical (unpaired) electrons. The Labute approximate surface area is 115 Å². The molecule has 0 amide bonds. The van der Waals surface area contributed by atoms with Gasteiger partial charge in [0.1, 0.15) is 0 Å². The Kier molecular flexibility index (Phi) is 7.25. The van der Waals surface area contributed by atoms with Gasteiger partial charge in [-0.15, -0.1) is 0 Å². The van der Waals surface area contributed by atoms with Crippen LogP contribution >= 0.6 is 0 Å². The highest BCUT2D eigenvalue weighted by Crippen LogP contribution is 2.26. The Morgan fingerprint density at radius 3 is 1.78 bits per heavy atom. The Bertz CT molecular complexity index is 197. The molecule has 2 nitrogen and oxygen atoms in total. The fourth-order valence-electron chi connectivity index (χ4n) is 3.45. The normalized spacial score (nSPS) is 25.2. The Morgan fingerprint density at radius 1 is 0.833 bits per heavy atom. The van der Waals surface area contributed by atoms with Crippen LogP contribution in [0, 0.1) is 0 Å². The van der Waals surface area contributed by atoms with Gasteiger partial charge in [0.25, 0.3) is 0 Å². The molecule has 0 saturated carbocycles. The molecule has 2 heteroatoms. The highest BCUT2D eigenvalue weighted by atomic mass is 15.4. The fraction of sp³-hybridized carbons (Fsp3) is 1.00. The average molecular weight is 255 g/mol. The smallest absolute Gasteiger partial charge is 0.0841 e. The van der Waals surface area contributed by atoms with Gasteiger partial charge in [-0.2, -0.15) is 0 Å². The van der Waals surface area contributed by atoms with Crippen LogP contribution in [-0.4, -0.2) is 55.2 Å². The first kappa shape index (κ1) is 16.0. The number of likely N-dealkylation sites (tertiary alicyclic amines) is 1. The lowest BCUT2D eigenvalue weighted by molar-refractivity contribution is -0.952. The minimum absolute atomic E-state index is 0. The van der Waals surface area contributed by atoms with Crippen molar-refractivity contribution in [2.75, 3.05) is 45.8 Å². The summed E-state index contributed by atoms with van der Waals surface area (Å²) in [6, 6.07) is 0. The van der Waals surface area contributed by atoms with E-state index < -0.39 is 0 Å². The summed E-state index contributed by atoms with van der Waals surface area (Å²) in [5.74, 6) is 0. The Hall–Kier alpha value is -0.0800. The molecule has 0 unspecified atom stereocenters. The summed E-state index contributed by atoms with van der Waals surface area (Å²) in [5.41, 5.74) is 0. The van der Waals surface area contributed by atoms with E-state index in [-0.39, 0.29) is 7.43 Å². The van der Waals surface area contributed by atoms with Gasteiger partial charge in [-0.3, -0.25) is 0 Å². The predicted octanol–water partition coefficient (Wildman–Crippen LogP) is 3.52. The van der Waals surface area contributed by atoms with Crippen molar-refractivity contribution in [2.24, 2.45) is 0 Å². The molecular weight excluding hydrogens is 220 g/mol. The summed E-state index contributed by atoms with van der Waals surface area (Å²) in [6.45, 7) is 12.3. The summed E-state index contributed by atoms with van der Waals surface area (Å²) >= 11 is 0. The van der Waals surface area contributed by atoms with E-state index in [9.17, 15) is 0 Å². The van der Waals surface area contributed by atoms with E-state index in [2.05, 4.69) is 11.8 Å². The lowest BCUT2D eigenvalue weighted by Gasteiger charge is -2.41. The minimum Gasteiger partial charge on any atom is -0.323 e. The van der Waals surface area contributed by atoms with Crippen LogP contribution in [0.5, 0.6) is 0 Å². The van der Waals surface area contributed by atoms with Crippen LogP contribution < -0.4 is 0 Å².